The van der Waals surface area contributed by atoms with Gasteiger partial charge in [0.05, 0.1) is 22.5 Å². The maximum Gasteiger partial charge on any atom is 0.244 e. The van der Waals surface area contributed by atoms with Crippen molar-refractivity contribution < 1.29 is 18.8 Å². The molecule has 1 aromatic carbocycles. The predicted octanol–water partition coefficient (Wildman–Crippen LogP) is 2.37. The minimum absolute atomic E-state index is 0.0512. The Morgan fingerprint density at radius 3 is 2.39 bits per heavy atom. The van der Waals surface area contributed by atoms with Crippen molar-refractivity contribution in [2.45, 2.75) is 12.8 Å². The lowest BCUT2D eigenvalue weighted by Crippen LogP contribution is -2.38. The Bertz CT molecular complexity index is 693. The van der Waals surface area contributed by atoms with Gasteiger partial charge in [0.1, 0.15) is 12.4 Å². The molecule has 0 bridgehead atoms. The van der Waals surface area contributed by atoms with Crippen LogP contribution < -0.4 is 5.32 Å². The molecule has 3 rings (SSSR count). The number of hydrogen-bond donors (Lipinski definition) is 1. The molecular weight excluding hydrogens is 323 g/mol. The van der Waals surface area contributed by atoms with Gasteiger partial charge in [0.15, 0.2) is 0 Å². The molecule has 120 valence electrons. The van der Waals surface area contributed by atoms with Gasteiger partial charge in [-0.2, -0.15) is 0 Å². The lowest BCUT2D eigenvalue weighted by molar-refractivity contribution is -0.142. The predicted molar refractivity (Wildman–Crippen MR) is 82.1 cm³/mol. The van der Waals surface area contributed by atoms with Crippen LogP contribution in [0.15, 0.2) is 30.4 Å². The van der Waals surface area contributed by atoms with Crippen LogP contribution in [-0.4, -0.2) is 29.2 Å². The van der Waals surface area contributed by atoms with E-state index in [2.05, 4.69) is 5.32 Å². The summed E-state index contributed by atoms with van der Waals surface area (Å²) >= 11 is 5.84. The molecule has 1 aliphatic carbocycles. The first-order chi connectivity index (χ1) is 11.0. The number of anilines is 1. The summed E-state index contributed by atoms with van der Waals surface area (Å²) in [5.41, 5.74) is 0.233. The van der Waals surface area contributed by atoms with Gasteiger partial charge in [-0.25, -0.2) is 4.39 Å². The van der Waals surface area contributed by atoms with Crippen LogP contribution in [0, 0.1) is 17.7 Å². The first-order valence-electron chi connectivity index (χ1n) is 7.22. The Hall–Kier alpha value is -2.21. The van der Waals surface area contributed by atoms with Gasteiger partial charge in [-0.15, -0.1) is 0 Å². The number of allylic oxidation sites excluding steroid dienone is 2. The van der Waals surface area contributed by atoms with E-state index >= 15 is 0 Å². The van der Waals surface area contributed by atoms with Crippen molar-refractivity contribution in [2.24, 2.45) is 11.8 Å². The molecular formula is C16H14ClFN2O3. The quantitative estimate of drug-likeness (QED) is 0.680. The number of carbonyl (C=O) groups is 3. The highest BCUT2D eigenvalue weighted by atomic mass is 35.5. The molecule has 5 nitrogen and oxygen atoms in total. The van der Waals surface area contributed by atoms with Gasteiger partial charge in [0.25, 0.3) is 0 Å². The standard InChI is InChI=1S/C16H14ClFN2O3/c17-12-7-9(18)5-6-13(12)19-14(21)8-20-15(22)10-3-1-2-4-11(10)16(20)23/h1-2,5-7,10-11H,3-4,8H2,(H,19,21). The normalized spacial score (nSPS) is 23.1. The number of likely N-dealkylation sites (tertiary alicyclic amines) is 1. The number of halogens is 2. The zero-order valence-electron chi connectivity index (χ0n) is 12.1. The molecule has 2 unspecified atom stereocenters. The van der Waals surface area contributed by atoms with E-state index in [9.17, 15) is 18.8 Å². The van der Waals surface area contributed by atoms with E-state index < -0.39 is 11.7 Å². The summed E-state index contributed by atoms with van der Waals surface area (Å²) in [6.07, 6.45) is 4.82. The number of rotatable bonds is 3. The number of benzene rings is 1. The highest BCUT2D eigenvalue weighted by Crippen LogP contribution is 2.34. The van der Waals surface area contributed by atoms with Crippen molar-refractivity contribution in [3.05, 3.63) is 41.2 Å². The third-order valence-electron chi connectivity index (χ3n) is 4.11. The third-order valence-corrected chi connectivity index (χ3v) is 4.42. The average Bonchev–Trinajstić information content (AvgIpc) is 2.76. The van der Waals surface area contributed by atoms with Crippen LogP contribution >= 0.6 is 11.6 Å². The molecule has 0 spiro atoms. The van der Waals surface area contributed by atoms with E-state index in [0.717, 1.165) is 17.0 Å². The highest BCUT2D eigenvalue weighted by molar-refractivity contribution is 6.33. The van der Waals surface area contributed by atoms with Gasteiger partial charge < -0.3 is 5.32 Å². The average molecular weight is 337 g/mol. The van der Waals surface area contributed by atoms with Crippen LogP contribution in [0.4, 0.5) is 10.1 Å². The molecule has 1 N–H and O–H groups in total. The zero-order chi connectivity index (χ0) is 16.6. The molecule has 1 aliphatic heterocycles. The third kappa shape index (κ3) is 2.99. The van der Waals surface area contributed by atoms with Gasteiger partial charge in [-0.1, -0.05) is 23.8 Å². The maximum absolute atomic E-state index is 13.0. The number of nitrogens with one attached hydrogen (secondary N) is 1. The molecule has 0 aromatic heterocycles. The summed E-state index contributed by atoms with van der Waals surface area (Å²) in [6, 6.07) is 3.56. The monoisotopic (exact) mass is 336 g/mol. The largest absolute Gasteiger partial charge is 0.323 e. The van der Waals surface area contributed by atoms with Crippen LogP contribution in [0.5, 0.6) is 0 Å². The number of hydrogen-bond acceptors (Lipinski definition) is 3. The Labute approximate surface area is 137 Å². The summed E-state index contributed by atoms with van der Waals surface area (Å²) in [6.45, 7) is -0.363. The number of nitrogens with zero attached hydrogens (tertiary/aromatic N) is 1. The summed E-state index contributed by atoms with van der Waals surface area (Å²) < 4.78 is 13.0. The van der Waals surface area contributed by atoms with E-state index in [0.29, 0.717) is 12.8 Å². The van der Waals surface area contributed by atoms with Crippen LogP contribution in [0.1, 0.15) is 12.8 Å². The van der Waals surface area contributed by atoms with E-state index in [1.165, 1.54) is 6.07 Å². The number of amides is 3. The second kappa shape index (κ2) is 6.12. The fourth-order valence-electron chi connectivity index (χ4n) is 2.95. The van der Waals surface area contributed by atoms with E-state index in [-0.39, 0.29) is 40.9 Å². The summed E-state index contributed by atoms with van der Waals surface area (Å²) in [5.74, 6) is -2.43. The SMILES string of the molecule is O=C(CN1C(=O)C2CC=CCC2C1=O)Nc1ccc(F)cc1Cl. The van der Waals surface area contributed by atoms with Gasteiger partial charge in [-0.3, -0.25) is 19.3 Å². The van der Waals surface area contributed by atoms with Crippen LogP contribution in [0.3, 0.4) is 0 Å². The second-order valence-electron chi connectivity index (χ2n) is 5.59. The summed E-state index contributed by atoms with van der Waals surface area (Å²) in [7, 11) is 0. The minimum atomic E-state index is -0.549. The maximum atomic E-state index is 13.0. The number of carbonyl (C=O) groups excluding carboxylic acids is 3. The van der Waals surface area contributed by atoms with Crippen molar-refractivity contribution in [3.63, 3.8) is 0 Å². The summed E-state index contributed by atoms with van der Waals surface area (Å²) in [4.78, 5) is 37.6. The van der Waals surface area contributed by atoms with Crippen LogP contribution in [0.25, 0.3) is 0 Å². The smallest absolute Gasteiger partial charge is 0.244 e. The van der Waals surface area contributed by atoms with E-state index in [1.807, 2.05) is 12.2 Å². The van der Waals surface area contributed by atoms with Crippen LogP contribution in [-0.2, 0) is 14.4 Å². The first-order valence-corrected chi connectivity index (χ1v) is 7.60. The molecule has 1 fully saturated rings. The topological polar surface area (TPSA) is 66.5 Å². The number of fused-ring (bicyclic) bond motifs is 1. The molecule has 0 radical (unpaired) electrons. The molecule has 23 heavy (non-hydrogen) atoms. The molecule has 2 atom stereocenters. The van der Waals surface area contributed by atoms with Crippen molar-refractivity contribution >= 4 is 35.0 Å². The zero-order valence-corrected chi connectivity index (χ0v) is 12.8. The van der Waals surface area contributed by atoms with Crippen LogP contribution in [0.2, 0.25) is 5.02 Å². The Kier molecular flexibility index (Phi) is 4.17. The minimum Gasteiger partial charge on any atom is -0.323 e. The van der Waals surface area contributed by atoms with Gasteiger partial charge >= 0.3 is 0 Å². The molecule has 1 heterocycles. The van der Waals surface area contributed by atoms with Crippen molar-refractivity contribution in [1.29, 1.82) is 0 Å². The van der Waals surface area contributed by atoms with Gasteiger partial charge in [-0.05, 0) is 31.0 Å². The molecule has 1 saturated heterocycles. The fraction of sp³-hybridized carbons (Fsp3) is 0.312. The van der Waals surface area contributed by atoms with E-state index in [4.69, 9.17) is 11.6 Å². The second-order valence-corrected chi connectivity index (χ2v) is 6.00. The fourth-order valence-corrected chi connectivity index (χ4v) is 3.16. The molecule has 3 amide bonds. The number of imide groups is 1. The Morgan fingerprint density at radius 2 is 1.83 bits per heavy atom. The molecule has 1 aromatic rings. The lowest BCUT2D eigenvalue weighted by atomic mass is 9.85. The molecule has 0 saturated carbocycles. The lowest BCUT2D eigenvalue weighted by Gasteiger charge is -2.15. The van der Waals surface area contributed by atoms with Gasteiger partial charge in [0.2, 0.25) is 17.7 Å². The first kappa shape index (κ1) is 15.7. The van der Waals surface area contributed by atoms with Crippen molar-refractivity contribution in [2.75, 3.05) is 11.9 Å². The summed E-state index contributed by atoms with van der Waals surface area (Å²) in [5, 5.41) is 2.54. The Morgan fingerprint density at radius 1 is 1.22 bits per heavy atom. The Balaban J connectivity index is 1.68. The molecule has 2 aliphatic rings. The molecule has 7 heteroatoms. The van der Waals surface area contributed by atoms with Crippen molar-refractivity contribution in [3.8, 4) is 0 Å². The van der Waals surface area contributed by atoms with E-state index in [1.54, 1.807) is 0 Å². The van der Waals surface area contributed by atoms with Gasteiger partial charge in [0, 0.05) is 0 Å². The van der Waals surface area contributed by atoms with Crippen molar-refractivity contribution in [1.82, 2.24) is 4.90 Å². The highest BCUT2D eigenvalue weighted by Gasteiger charge is 2.47.